The lowest BCUT2D eigenvalue weighted by Crippen LogP contribution is -2.30. The van der Waals surface area contributed by atoms with E-state index in [1.54, 1.807) is 53.4 Å². The summed E-state index contributed by atoms with van der Waals surface area (Å²) in [6, 6.07) is 13.4. The molecule has 0 atom stereocenters. The number of hydrogen-bond acceptors (Lipinski definition) is 4. The van der Waals surface area contributed by atoms with Crippen molar-refractivity contribution in [1.82, 2.24) is 4.90 Å². The van der Waals surface area contributed by atoms with Gasteiger partial charge in [0.2, 0.25) is 0 Å². The average molecular weight is 354 g/mol. The summed E-state index contributed by atoms with van der Waals surface area (Å²) in [5.74, 6) is -0.0342. The summed E-state index contributed by atoms with van der Waals surface area (Å²) in [5.41, 5.74) is 1.53. The number of hydrogen-bond donors (Lipinski definition) is 1. The maximum Gasteiger partial charge on any atom is 0.262 e. The van der Waals surface area contributed by atoms with Gasteiger partial charge in [0.05, 0.1) is 5.56 Å². The molecule has 0 saturated carbocycles. The summed E-state index contributed by atoms with van der Waals surface area (Å²) in [6.45, 7) is 4.93. The topological polar surface area (TPSA) is 75.7 Å². The Morgan fingerprint density at radius 3 is 2.31 bits per heavy atom. The first-order chi connectivity index (χ1) is 12.6. The quantitative estimate of drug-likeness (QED) is 0.740. The Morgan fingerprint density at radius 2 is 1.69 bits per heavy atom. The van der Waals surface area contributed by atoms with E-state index in [1.165, 1.54) is 0 Å². The number of amides is 2. The van der Waals surface area contributed by atoms with Crippen LogP contribution in [0.2, 0.25) is 0 Å². The number of carbonyl (C=O) groups excluding carboxylic acids is 3. The number of nitrogens with zero attached hydrogens (tertiary/aromatic N) is 1. The first kappa shape index (κ1) is 19.2. The summed E-state index contributed by atoms with van der Waals surface area (Å²) < 4.78 is 5.38. The fourth-order valence-electron chi connectivity index (χ4n) is 2.44. The molecule has 6 nitrogen and oxygen atoms in total. The molecule has 0 aliphatic heterocycles. The zero-order valence-corrected chi connectivity index (χ0v) is 14.9. The standard InChI is InChI=1S/C20H22N2O4/c1-3-22(4-2)20(25)15-9-11-17(12-10-15)21-19(24)14-26-18-8-6-5-7-16(18)13-23/h5-13H,3-4,14H2,1-2H3,(H,21,24). The second-order valence-corrected chi connectivity index (χ2v) is 5.55. The molecule has 0 spiro atoms. The highest BCUT2D eigenvalue weighted by Gasteiger charge is 2.12. The number of carbonyl (C=O) groups is 3. The molecule has 26 heavy (non-hydrogen) atoms. The normalized spacial score (nSPS) is 10.1. The lowest BCUT2D eigenvalue weighted by Gasteiger charge is -2.18. The lowest BCUT2D eigenvalue weighted by atomic mass is 10.2. The molecule has 0 aliphatic carbocycles. The molecule has 2 amide bonds. The van der Waals surface area contributed by atoms with E-state index in [4.69, 9.17) is 4.74 Å². The van der Waals surface area contributed by atoms with Crippen LogP contribution in [0, 0.1) is 0 Å². The molecule has 0 radical (unpaired) electrons. The van der Waals surface area contributed by atoms with E-state index in [9.17, 15) is 14.4 Å². The van der Waals surface area contributed by atoms with E-state index in [2.05, 4.69) is 5.32 Å². The smallest absolute Gasteiger partial charge is 0.262 e. The van der Waals surface area contributed by atoms with Gasteiger partial charge in [-0.2, -0.15) is 0 Å². The van der Waals surface area contributed by atoms with E-state index in [1.807, 2.05) is 13.8 Å². The first-order valence-electron chi connectivity index (χ1n) is 8.45. The lowest BCUT2D eigenvalue weighted by molar-refractivity contribution is -0.118. The van der Waals surface area contributed by atoms with E-state index in [-0.39, 0.29) is 18.4 Å². The van der Waals surface area contributed by atoms with Crippen LogP contribution in [0.5, 0.6) is 5.75 Å². The minimum absolute atomic E-state index is 0.0401. The molecule has 0 fully saturated rings. The fraction of sp³-hybridized carbons (Fsp3) is 0.250. The van der Waals surface area contributed by atoms with E-state index < -0.39 is 0 Å². The van der Waals surface area contributed by atoms with Crippen LogP contribution in [0.3, 0.4) is 0 Å². The molecule has 0 heterocycles. The van der Waals surface area contributed by atoms with Gasteiger partial charge in [0.15, 0.2) is 12.9 Å². The molecule has 0 aromatic heterocycles. The molecular weight excluding hydrogens is 332 g/mol. The molecule has 2 aromatic carbocycles. The van der Waals surface area contributed by atoms with Crippen molar-refractivity contribution < 1.29 is 19.1 Å². The van der Waals surface area contributed by atoms with Crippen molar-refractivity contribution in [3.05, 3.63) is 59.7 Å². The Kier molecular flexibility index (Phi) is 6.91. The SMILES string of the molecule is CCN(CC)C(=O)c1ccc(NC(=O)COc2ccccc2C=O)cc1. The summed E-state index contributed by atoms with van der Waals surface area (Å²) in [6.07, 6.45) is 0.679. The number of ether oxygens (including phenoxy) is 1. The number of nitrogens with one attached hydrogen (secondary N) is 1. The third-order valence-corrected chi connectivity index (χ3v) is 3.87. The van der Waals surface area contributed by atoms with E-state index >= 15 is 0 Å². The van der Waals surface area contributed by atoms with E-state index in [0.29, 0.717) is 41.9 Å². The second kappa shape index (κ2) is 9.36. The molecule has 6 heteroatoms. The number of aldehydes is 1. The van der Waals surface area contributed by atoms with Crippen LogP contribution in [-0.2, 0) is 4.79 Å². The van der Waals surface area contributed by atoms with Crippen LogP contribution in [-0.4, -0.2) is 42.7 Å². The average Bonchev–Trinajstić information content (AvgIpc) is 2.68. The molecule has 136 valence electrons. The monoisotopic (exact) mass is 354 g/mol. The number of anilines is 1. The van der Waals surface area contributed by atoms with Crippen LogP contribution in [0.4, 0.5) is 5.69 Å². The molecule has 2 aromatic rings. The highest BCUT2D eigenvalue weighted by molar-refractivity contribution is 5.96. The molecule has 0 unspecified atom stereocenters. The second-order valence-electron chi connectivity index (χ2n) is 5.55. The summed E-state index contributed by atoms with van der Waals surface area (Å²) >= 11 is 0. The van der Waals surface area contributed by atoms with Crippen molar-refractivity contribution in [2.45, 2.75) is 13.8 Å². The predicted molar refractivity (Wildman–Crippen MR) is 99.6 cm³/mol. The third-order valence-electron chi connectivity index (χ3n) is 3.87. The van der Waals surface area contributed by atoms with Crippen molar-refractivity contribution in [2.75, 3.05) is 25.0 Å². The van der Waals surface area contributed by atoms with Gasteiger partial charge in [0.1, 0.15) is 5.75 Å². The zero-order valence-electron chi connectivity index (χ0n) is 14.9. The Morgan fingerprint density at radius 1 is 1.04 bits per heavy atom. The van der Waals surface area contributed by atoms with Crippen molar-refractivity contribution in [2.24, 2.45) is 0 Å². The fourth-order valence-corrected chi connectivity index (χ4v) is 2.44. The Balaban J connectivity index is 1.93. The molecular formula is C20H22N2O4. The summed E-state index contributed by atoms with van der Waals surface area (Å²) in [7, 11) is 0. The first-order valence-corrected chi connectivity index (χ1v) is 8.45. The molecule has 0 bridgehead atoms. The minimum atomic E-state index is -0.353. The maximum absolute atomic E-state index is 12.3. The Labute approximate surface area is 152 Å². The molecule has 0 saturated heterocycles. The van der Waals surface area contributed by atoms with Crippen LogP contribution in [0.25, 0.3) is 0 Å². The van der Waals surface area contributed by atoms with Gasteiger partial charge in [-0.05, 0) is 50.2 Å². The Hall–Kier alpha value is -3.15. The van der Waals surface area contributed by atoms with E-state index in [0.717, 1.165) is 0 Å². The van der Waals surface area contributed by atoms with Gasteiger partial charge in [-0.1, -0.05) is 12.1 Å². The summed E-state index contributed by atoms with van der Waals surface area (Å²) in [5, 5.41) is 2.70. The molecule has 1 N–H and O–H groups in total. The van der Waals surface area contributed by atoms with Crippen molar-refractivity contribution in [3.8, 4) is 5.75 Å². The molecule has 0 aliphatic rings. The zero-order chi connectivity index (χ0) is 18.9. The van der Waals surface area contributed by atoms with Gasteiger partial charge in [0.25, 0.3) is 11.8 Å². The predicted octanol–water partition coefficient (Wildman–Crippen LogP) is 3.00. The maximum atomic E-state index is 12.3. The summed E-state index contributed by atoms with van der Waals surface area (Å²) in [4.78, 5) is 36.9. The number of benzene rings is 2. The van der Waals surface area contributed by atoms with Crippen LogP contribution in [0.15, 0.2) is 48.5 Å². The third kappa shape index (κ3) is 4.92. The highest BCUT2D eigenvalue weighted by Crippen LogP contribution is 2.16. The highest BCUT2D eigenvalue weighted by atomic mass is 16.5. The number of rotatable bonds is 8. The Bertz CT molecular complexity index is 768. The van der Waals surface area contributed by atoms with Crippen LogP contribution < -0.4 is 10.1 Å². The van der Waals surface area contributed by atoms with Crippen molar-refractivity contribution in [1.29, 1.82) is 0 Å². The van der Waals surface area contributed by atoms with Crippen molar-refractivity contribution >= 4 is 23.8 Å². The largest absolute Gasteiger partial charge is 0.483 e. The van der Waals surface area contributed by atoms with Gasteiger partial charge in [-0.25, -0.2) is 0 Å². The van der Waals surface area contributed by atoms with Crippen LogP contribution in [0.1, 0.15) is 34.6 Å². The minimum Gasteiger partial charge on any atom is -0.483 e. The molecule has 2 rings (SSSR count). The van der Waals surface area contributed by atoms with Gasteiger partial charge in [-0.3, -0.25) is 14.4 Å². The van der Waals surface area contributed by atoms with Gasteiger partial charge >= 0.3 is 0 Å². The number of para-hydroxylation sites is 1. The van der Waals surface area contributed by atoms with Crippen LogP contribution >= 0.6 is 0 Å². The van der Waals surface area contributed by atoms with Gasteiger partial charge in [-0.15, -0.1) is 0 Å². The van der Waals surface area contributed by atoms with Gasteiger partial charge < -0.3 is 15.0 Å². The van der Waals surface area contributed by atoms with Gasteiger partial charge in [0, 0.05) is 24.3 Å². The van der Waals surface area contributed by atoms with Crippen molar-refractivity contribution in [3.63, 3.8) is 0 Å².